The highest BCUT2D eigenvalue weighted by atomic mass is 35.5. The van der Waals surface area contributed by atoms with Gasteiger partial charge in [-0.2, -0.15) is 0 Å². The number of alkyl halides is 1. The molecule has 5 N–H and O–H groups in total. The Morgan fingerprint density at radius 1 is 1.67 bits per heavy atom. The first-order valence-electron chi connectivity index (χ1n) is 4.32. The molecule has 2 atom stereocenters. The molecular formula is C9H12ClNO4. The van der Waals surface area contributed by atoms with Crippen LogP contribution >= 0.6 is 11.6 Å². The Morgan fingerprint density at radius 2 is 2.27 bits per heavy atom. The molecule has 6 heteroatoms. The molecule has 1 rings (SSSR count). The Kier molecular flexibility index (Phi) is 3.38. The number of halogens is 1. The number of aliphatic carboxylic acids is 1. The molecule has 1 unspecified atom stereocenters. The molecule has 0 spiro atoms. The molecule has 1 aliphatic rings. The number of aliphatic hydroxyl groups is 2. The van der Waals surface area contributed by atoms with Crippen molar-refractivity contribution in [3.05, 3.63) is 23.5 Å². The highest BCUT2D eigenvalue weighted by Gasteiger charge is 2.33. The molecule has 0 heterocycles. The molecule has 0 aromatic rings. The molecule has 0 fully saturated rings. The molecule has 0 aliphatic heterocycles. The van der Waals surface area contributed by atoms with Crippen molar-refractivity contribution < 1.29 is 20.1 Å². The minimum absolute atomic E-state index is 0.0299. The third-order valence-corrected chi connectivity index (χ3v) is 2.46. The fourth-order valence-corrected chi connectivity index (χ4v) is 1.52. The van der Waals surface area contributed by atoms with E-state index in [1.54, 1.807) is 0 Å². The summed E-state index contributed by atoms with van der Waals surface area (Å²) in [6, 6.07) is -1.03. The molecule has 84 valence electrons. The van der Waals surface area contributed by atoms with Crippen LogP contribution in [0.25, 0.3) is 0 Å². The zero-order valence-electron chi connectivity index (χ0n) is 7.85. The smallest absolute Gasteiger partial charge is 0.320 e. The Labute approximate surface area is 91.5 Å². The standard InChI is InChI=1S/C9H12ClNO4/c10-9(15)4-5(1-2-7(9)12)3-6(11)8(13)14/h1-2,6,12,15H,3-4,11H2,(H,13,14)/t6-,9?/m0/s1. The van der Waals surface area contributed by atoms with Gasteiger partial charge in [-0.3, -0.25) is 4.79 Å². The van der Waals surface area contributed by atoms with Crippen LogP contribution in [-0.2, 0) is 4.79 Å². The first-order chi connectivity index (χ1) is 6.83. The van der Waals surface area contributed by atoms with Gasteiger partial charge in [-0.1, -0.05) is 23.3 Å². The molecule has 0 bridgehead atoms. The van der Waals surface area contributed by atoms with Gasteiger partial charge in [-0.15, -0.1) is 0 Å². The molecule has 0 aromatic carbocycles. The van der Waals surface area contributed by atoms with Gasteiger partial charge in [0.1, 0.15) is 11.8 Å². The van der Waals surface area contributed by atoms with Crippen LogP contribution in [-0.4, -0.2) is 32.4 Å². The van der Waals surface area contributed by atoms with Crippen LogP contribution in [0.5, 0.6) is 0 Å². The predicted molar refractivity (Wildman–Crippen MR) is 54.4 cm³/mol. The van der Waals surface area contributed by atoms with E-state index >= 15 is 0 Å². The Hall–Kier alpha value is -1.04. The summed E-state index contributed by atoms with van der Waals surface area (Å²) in [7, 11) is 0. The van der Waals surface area contributed by atoms with E-state index in [9.17, 15) is 15.0 Å². The monoisotopic (exact) mass is 233 g/mol. The van der Waals surface area contributed by atoms with Crippen molar-refractivity contribution in [3.63, 3.8) is 0 Å². The third kappa shape index (κ3) is 2.95. The minimum Gasteiger partial charge on any atom is -0.508 e. The summed E-state index contributed by atoms with van der Waals surface area (Å²) in [4.78, 5) is 10.5. The van der Waals surface area contributed by atoms with E-state index < -0.39 is 17.1 Å². The maximum atomic E-state index is 10.5. The predicted octanol–water partition coefficient (Wildman–Crippen LogP) is 0.488. The van der Waals surface area contributed by atoms with E-state index in [0.29, 0.717) is 5.57 Å². The summed E-state index contributed by atoms with van der Waals surface area (Å²) in [6.45, 7) is 0. The number of hydrogen-bond acceptors (Lipinski definition) is 4. The molecular weight excluding hydrogens is 222 g/mol. The molecule has 0 saturated carbocycles. The number of hydrogen-bond donors (Lipinski definition) is 4. The van der Waals surface area contributed by atoms with Gasteiger partial charge in [-0.05, 0) is 12.5 Å². The summed E-state index contributed by atoms with van der Waals surface area (Å²) >= 11 is 5.59. The quantitative estimate of drug-likeness (QED) is 0.531. The van der Waals surface area contributed by atoms with Crippen LogP contribution in [0.3, 0.4) is 0 Å². The lowest BCUT2D eigenvalue weighted by Crippen LogP contribution is -2.33. The topological polar surface area (TPSA) is 104 Å². The van der Waals surface area contributed by atoms with Crippen molar-refractivity contribution in [3.8, 4) is 0 Å². The molecule has 1 aliphatic carbocycles. The van der Waals surface area contributed by atoms with E-state index in [-0.39, 0.29) is 18.6 Å². The van der Waals surface area contributed by atoms with Crippen LogP contribution < -0.4 is 5.73 Å². The zero-order valence-corrected chi connectivity index (χ0v) is 8.61. The van der Waals surface area contributed by atoms with Crippen molar-refractivity contribution in [1.29, 1.82) is 0 Å². The van der Waals surface area contributed by atoms with Gasteiger partial charge in [0, 0.05) is 6.42 Å². The van der Waals surface area contributed by atoms with Crippen LogP contribution in [0.15, 0.2) is 23.5 Å². The summed E-state index contributed by atoms with van der Waals surface area (Å²) in [5.74, 6) is -1.47. The summed E-state index contributed by atoms with van der Waals surface area (Å²) in [5, 5.41) is 25.4. The van der Waals surface area contributed by atoms with Gasteiger partial charge < -0.3 is 21.1 Å². The maximum absolute atomic E-state index is 10.5. The van der Waals surface area contributed by atoms with Crippen LogP contribution in [0.1, 0.15) is 12.8 Å². The largest absolute Gasteiger partial charge is 0.508 e. The summed E-state index contributed by atoms with van der Waals surface area (Å²) in [5.41, 5.74) is 5.91. The van der Waals surface area contributed by atoms with Crippen LogP contribution in [0.4, 0.5) is 0 Å². The van der Waals surface area contributed by atoms with Crippen molar-refractivity contribution >= 4 is 17.6 Å². The van der Waals surface area contributed by atoms with Gasteiger partial charge in [-0.25, -0.2) is 0 Å². The second kappa shape index (κ2) is 4.22. The number of carbonyl (C=O) groups is 1. The highest BCUT2D eigenvalue weighted by Crippen LogP contribution is 2.33. The van der Waals surface area contributed by atoms with Crippen LogP contribution in [0.2, 0.25) is 0 Å². The Bertz CT molecular complexity index is 335. The van der Waals surface area contributed by atoms with E-state index in [2.05, 4.69) is 0 Å². The average Bonchev–Trinajstić information content (AvgIpc) is 2.10. The number of aliphatic hydroxyl groups excluding tert-OH is 1. The Morgan fingerprint density at radius 3 is 2.73 bits per heavy atom. The van der Waals surface area contributed by atoms with E-state index in [4.69, 9.17) is 22.4 Å². The van der Waals surface area contributed by atoms with E-state index in [1.807, 2.05) is 0 Å². The first kappa shape index (κ1) is 12.0. The fraction of sp³-hybridized carbons (Fsp3) is 0.444. The lowest BCUT2D eigenvalue weighted by atomic mass is 9.95. The van der Waals surface area contributed by atoms with Gasteiger partial charge >= 0.3 is 5.97 Å². The maximum Gasteiger partial charge on any atom is 0.320 e. The number of allylic oxidation sites excluding steroid dienone is 2. The van der Waals surface area contributed by atoms with Gasteiger partial charge in [0.25, 0.3) is 0 Å². The summed E-state index contributed by atoms with van der Waals surface area (Å²) in [6.07, 6.45) is 2.81. The number of rotatable bonds is 3. The highest BCUT2D eigenvalue weighted by molar-refractivity contribution is 6.24. The van der Waals surface area contributed by atoms with Crippen molar-refractivity contribution in [2.45, 2.75) is 23.9 Å². The molecule has 0 radical (unpaired) electrons. The number of nitrogens with two attached hydrogens (primary N) is 1. The van der Waals surface area contributed by atoms with Crippen LogP contribution in [0, 0.1) is 0 Å². The van der Waals surface area contributed by atoms with Crippen molar-refractivity contribution in [1.82, 2.24) is 0 Å². The first-order valence-corrected chi connectivity index (χ1v) is 4.69. The molecule has 0 amide bonds. The average molecular weight is 234 g/mol. The zero-order chi connectivity index (χ0) is 11.6. The van der Waals surface area contributed by atoms with E-state index in [0.717, 1.165) is 0 Å². The number of carboxylic acid groups (broad SMARTS) is 1. The molecule has 0 saturated heterocycles. The third-order valence-electron chi connectivity index (χ3n) is 2.13. The number of carboxylic acids is 1. The molecule has 0 aromatic heterocycles. The van der Waals surface area contributed by atoms with Gasteiger partial charge in [0.05, 0.1) is 0 Å². The second-order valence-electron chi connectivity index (χ2n) is 3.46. The van der Waals surface area contributed by atoms with Crippen molar-refractivity contribution in [2.24, 2.45) is 5.73 Å². The SMILES string of the molecule is N[C@@H](CC1=CC=C(O)C(O)(Cl)C1)C(=O)O. The summed E-state index contributed by atoms with van der Waals surface area (Å²) < 4.78 is 0. The minimum atomic E-state index is -1.84. The van der Waals surface area contributed by atoms with E-state index in [1.165, 1.54) is 12.2 Å². The second-order valence-corrected chi connectivity index (χ2v) is 4.09. The Balaban J connectivity index is 2.71. The van der Waals surface area contributed by atoms with Gasteiger partial charge in [0.15, 0.2) is 5.06 Å². The van der Waals surface area contributed by atoms with Crippen molar-refractivity contribution in [2.75, 3.05) is 0 Å². The lowest BCUT2D eigenvalue weighted by Gasteiger charge is -2.25. The molecule has 5 nitrogen and oxygen atoms in total. The fourth-order valence-electron chi connectivity index (χ4n) is 1.28. The lowest BCUT2D eigenvalue weighted by molar-refractivity contribution is -0.138. The molecule has 15 heavy (non-hydrogen) atoms. The normalized spacial score (nSPS) is 27.9. The van der Waals surface area contributed by atoms with Gasteiger partial charge in [0.2, 0.25) is 0 Å².